The van der Waals surface area contributed by atoms with Crippen LogP contribution in [0, 0.1) is 0 Å². The first-order valence-corrected chi connectivity index (χ1v) is 11.3. The summed E-state index contributed by atoms with van der Waals surface area (Å²) in [5.74, 6) is 1.11. The monoisotopic (exact) mass is 391 g/mol. The van der Waals surface area contributed by atoms with Crippen LogP contribution in [0.25, 0.3) is 0 Å². The van der Waals surface area contributed by atoms with Crippen molar-refractivity contribution in [1.29, 1.82) is 0 Å². The molecule has 3 rings (SSSR count). The average Bonchev–Trinajstić information content (AvgIpc) is 3.02. The lowest BCUT2D eigenvalue weighted by atomic mass is 10.1. The zero-order valence-corrected chi connectivity index (χ0v) is 17.1. The van der Waals surface area contributed by atoms with Crippen LogP contribution in [0.5, 0.6) is 11.5 Å². The molecule has 0 saturated heterocycles. The van der Waals surface area contributed by atoms with Gasteiger partial charge in [-0.25, -0.2) is 0 Å². The minimum absolute atomic E-state index is 0.142. The molecule has 0 amide bonds. The average molecular weight is 392 g/mol. The van der Waals surface area contributed by atoms with Crippen LogP contribution in [-0.2, 0) is 29.5 Å². The third-order valence-corrected chi connectivity index (χ3v) is 6.38. The van der Waals surface area contributed by atoms with E-state index in [2.05, 4.69) is 11.5 Å². The van der Waals surface area contributed by atoms with Crippen LogP contribution in [0.4, 0.5) is 0 Å². The lowest BCUT2D eigenvalue weighted by Gasteiger charge is -2.18. The van der Waals surface area contributed by atoms with Gasteiger partial charge in [-0.2, -0.15) is 8.42 Å². The number of hydrogen-bond donors (Lipinski definition) is 0. The van der Waals surface area contributed by atoms with Gasteiger partial charge in [0.25, 0.3) is 0 Å². The van der Waals surface area contributed by atoms with Gasteiger partial charge in [0.2, 0.25) is 0 Å². The summed E-state index contributed by atoms with van der Waals surface area (Å²) in [6.45, 7) is 3.15. The van der Waals surface area contributed by atoms with Crippen molar-refractivity contribution in [3.63, 3.8) is 0 Å². The normalized spacial score (nSPS) is 14.0. The number of aromatic nitrogens is 1. The number of methoxy groups -OCH3 is 1. The molecule has 0 fully saturated rings. The molecule has 0 unspecified atom stereocenters. The summed E-state index contributed by atoms with van der Waals surface area (Å²) >= 11 is 0. The van der Waals surface area contributed by atoms with Crippen LogP contribution in [-0.4, -0.2) is 20.1 Å². The van der Waals surface area contributed by atoms with E-state index >= 15 is 0 Å². The van der Waals surface area contributed by atoms with Gasteiger partial charge in [-0.1, -0.05) is 26.2 Å². The molecular weight excluding hydrogens is 362 g/mol. The van der Waals surface area contributed by atoms with Crippen LogP contribution < -0.4 is 8.92 Å². The zero-order valence-electron chi connectivity index (χ0n) is 16.2. The maximum Gasteiger partial charge on any atom is 0.339 e. The van der Waals surface area contributed by atoms with E-state index in [1.54, 1.807) is 19.2 Å². The van der Waals surface area contributed by atoms with E-state index in [9.17, 15) is 8.42 Å². The summed E-state index contributed by atoms with van der Waals surface area (Å²) in [5, 5.41) is 0. The van der Waals surface area contributed by atoms with Crippen LogP contribution in [0.15, 0.2) is 35.2 Å². The van der Waals surface area contributed by atoms with Crippen molar-refractivity contribution in [3.8, 4) is 11.5 Å². The summed E-state index contributed by atoms with van der Waals surface area (Å²) in [7, 11) is -2.31. The third-order valence-electron chi connectivity index (χ3n) is 5.13. The van der Waals surface area contributed by atoms with Crippen molar-refractivity contribution in [3.05, 3.63) is 41.7 Å². The second-order valence-electron chi connectivity index (χ2n) is 7.08. The molecule has 0 aliphatic carbocycles. The summed E-state index contributed by atoms with van der Waals surface area (Å²) < 4.78 is 38.4. The number of aryl methyl sites for hydroxylation is 1. The van der Waals surface area contributed by atoms with Crippen LogP contribution in [0.2, 0.25) is 0 Å². The highest BCUT2D eigenvalue weighted by Gasteiger charge is 2.24. The Balaban J connectivity index is 1.81. The van der Waals surface area contributed by atoms with E-state index in [-0.39, 0.29) is 4.90 Å². The van der Waals surface area contributed by atoms with E-state index in [1.165, 1.54) is 37.1 Å². The number of nitrogens with zero attached hydrogens (tertiary/aromatic N) is 1. The van der Waals surface area contributed by atoms with Gasteiger partial charge in [-0.3, -0.25) is 0 Å². The van der Waals surface area contributed by atoms with E-state index in [4.69, 9.17) is 8.92 Å². The van der Waals surface area contributed by atoms with E-state index in [1.807, 2.05) is 6.07 Å². The third kappa shape index (κ3) is 4.67. The van der Waals surface area contributed by atoms with Crippen LogP contribution in [0.1, 0.15) is 56.8 Å². The number of rotatable bonds is 9. The second kappa shape index (κ2) is 8.83. The van der Waals surface area contributed by atoms with Crippen LogP contribution in [0.3, 0.4) is 0 Å². The predicted octanol–water partition coefficient (Wildman–Crippen LogP) is 4.72. The molecule has 148 valence electrons. The fourth-order valence-electron chi connectivity index (χ4n) is 3.64. The standard InChI is InChI=1S/C21H29NO4S/c1-3-4-5-6-9-17-16-21(20-10-7-8-15-22(17)20)26-27(23,24)19-13-11-18(25-2)12-14-19/h11-14,16H,3-10,15H2,1-2H3. The summed E-state index contributed by atoms with van der Waals surface area (Å²) in [6, 6.07) is 8.23. The SMILES string of the molecule is CCCCCCc1cc(OS(=O)(=O)c2ccc(OC)cc2)c2n1CCCC2. The molecule has 0 N–H and O–H groups in total. The zero-order chi connectivity index (χ0) is 19.3. The van der Waals surface area contributed by atoms with Crippen molar-refractivity contribution in [1.82, 2.24) is 4.57 Å². The van der Waals surface area contributed by atoms with Crippen LogP contribution >= 0.6 is 0 Å². The number of fused-ring (bicyclic) bond motifs is 1. The number of benzene rings is 1. The quantitative estimate of drug-likeness (QED) is 0.458. The Morgan fingerprint density at radius 3 is 2.56 bits per heavy atom. The maximum atomic E-state index is 12.7. The first kappa shape index (κ1) is 19.8. The minimum atomic E-state index is -3.86. The molecule has 0 atom stereocenters. The molecule has 0 spiro atoms. The molecule has 2 aromatic rings. The summed E-state index contributed by atoms with van der Waals surface area (Å²) in [6.07, 6.45) is 8.82. The van der Waals surface area contributed by atoms with Gasteiger partial charge in [0.1, 0.15) is 10.6 Å². The highest BCUT2D eigenvalue weighted by atomic mass is 32.2. The van der Waals surface area contributed by atoms with Crippen molar-refractivity contribution >= 4 is 10.1 Å². The molecule has 1 aliphatic heterocycles. The fraction of sp³-hybridized carbons (Fsp3) is 0.524. The van der Waals surface area contributed by atoms with E-state index < -0.39 is 10.1 Å². The molecular formula is C21H29NO4S. The molecule has 1 aliphatic rings. The van der Waals surface area contributed by atoms with Gasteiger partial charge in [0, 0.05) is 18.3 Å². The molecule has 2 heterocycles. The van der Waals surface area contributed by atoms with Gasteiger partial charge in [-0.05, 0) is 56.4 Å². The number of unbranched alkanes of at least 4 members (excludes halogenated alkanes) is 3. The van der Waals surface area contributed by atoms with Gasteiger partial charge < -0.3 is 13.5 Å². The Morgan fingerprint density at radius 2 is 1.85 bits per heavy atom. The molecule has 6 heteroatoms. The Kier molecular flexibility index (Phi) is 6.47. The lowest BCUT2D eigenvalue weighted by Crippen LogP contribution is -2.15. The highest BCUT2D eigenvalue weighted by Crippen LogP contribution is 2.32. The smallest absolute Gasteiger partial charge is 0.339 e. The van der Waals surface area contributed by atoms with E-state index in [0.717, 1.165) is 44.3 Å². The summed E-state index contributed by atoms with van der Waals surface area (Å²) in [5.41, 5.74) is 2.21. The Bertz CT molecular complexity index is 853. The van der Waals surface area contributed by atoms with Crippen molar-refractivity contribution in [2.45, 2.75) is 69.7 Å². The molecule has 5 nitrogen and oxygen atoms in total. The van der Waals surface area contributed by atoms with Crippen molar-refractivity contribution < 1.29 is 17.3 Å². The van der Waals surface area contributed by atoms with Crippen molar-refractivity contribution in [2.24, 2.45) is 0 Å². The van der Waals surface area contributed by atoms with Crippen molar-refractivity contribution in [2.75, 3.05) is 7.11 Å². The van der Waals surface area contributed by atoms with Gasteiger partial charge >= 0.3 is 10.1 Å². The molecule has 0 radical (unpaired) electrons. The minimum Gasteiger partial charge on any atom is -0.497 e. The Labute approximate surface area is 162 Å². The lowest BCUT2D eigenvalue weighted by molar-refractivity contribution is 0.414. The number of ether oxygens (including phenoxy) is 1. The number of hydrogen-bond acceptors (Lipinski definition) is 4. The largest absolute Gasteiger partial charge is 0.497 e. The van der Waals surface area contributed by atoms with E-state index in [0.29, 0.717) is 11.5 Å². The van der Waals surface area contributed by atoms with Gasteiger partial charge in [0.05, 0.1) is 12.8 Å². The topological polar surface area (TPSA) is 57.5 Å². The second-order valence-corrected chi connectivity index (χ2v) is 8.63. The molecule has 0 bridgehead atoms. The predicted molar refractivity (Wildman–Crippen MR) is 106 cm³/mol. The Morgan fingerprint density at radius 1 is 1.07 bits per heavy atom. The molecule has 1 aromatic heterocycles. The Hall–Kier alpha value is -1.95. The van der Waals surface area contributed by atoms with Gasteiger partial charge in [0.15, 0.2) is 5.75 Å². The maximum absolute atomic E-state index is 12.7. The molecule has 1 aromatic carbocycles. The molecule has 27 heavy (non-hydrogen) atoms. The fourth-order valence-corrected chi connectivity index (χ4v) is 4.59. The first-order chi connectivity index (χ1) is 13.0. The first-order valence-electron chi connectivity index (χ1n) is 9.85. The van der Waals surface area contributed by atoms with Gasteiger partial charge in [-0.15, -0.1) is 0 Å². The molecule has 0 saturated carbocycles. The highest BCUT2D eigenvalue weighted by molar-refractivity contribution is 7.87. The summed E-state index contributed by atoms with van der Waals surface area (Å²) in [4.78, 5) is 0.142.